The zero-order valence-electron chi connectivity index (χ0n) is 7.84. The molecule has 1 aromatic carbocycles. The first kappa shape index (κ1) is 10.4. The Bertz CT molecular complexity index is 286. The maximum absolute atomic E-state index is 9.08. The van der Waals surface area contributed by atoms with Gasteiger partial charge in [-0.25, -0.2) is 0 Å². The van der Waals surface area contributed by atoms with Gasteiger partial charge in [0.25, 0.3) is 0 Å². The van der Waals surface area contributed by atoms with Gasteiger partial charge in [-0.15, -0.1) is 0 Å². The molecule has 0 unspecified atom stereocenters. The van der Waals surface area contributed by atoms with Gasteiger partial charge in [-0.1, -0.05) is 17.7 Å². The Balaban J connectivity index is 2.71. The first-order chi connectivity index (χ1) is 6.11. The topological polar surface area (TPSA) is 32.3 Å². The Kier molecular flexibility index (Phi) is 3.58. The highest BCUT2D eigenvalue weighted by molar-refractivity contribution is 6.31. The molecule has 3 heteroatoms. The lowest BCUT2D eigenvalue weighted by molar-refractivity contribution is 0.208. The van der Waals surface area contributed by atoms with E-state index in [2.05, 4.69) is 5.32 Å². The molecular weight excluding hydrogens is 186 g/mol. The van der Waals surface area contributed by atoms with Crippen LogP contribution in [-0.4, -0.2) is 17.8 Å². The van der Waals surface area contributed by atoms with Crippen LogP contribution in [0.15, 0.2) is 18.2 Å². The smallest absolute Gasteiger partial charge is 0.0684 e. The quantitative estimate of drug-likeness (QED) is 0.784. The lowest BCUT2D eigenvalue weighted by atomic mass is 10.2. The van der Waals surface area contributed by atoms with Crippen molar-refractivity contribution in [3.05, 3.63) is 28.8 Å². The molecule has 0 saturated carbocycles. The second-order valence-electron chi connectivity index (χ2n) is 3.14. The zero-order valence-corrected chi connectivity index (χ0v) is 8.60. The average molecular weight is 200 g/mol. The molecule has 1 rings (SSSR count). The molecule has 1 aromatic rings. The molecule has 0 aliphatic carbocycles. The standard InChI is InChI=1S/C10H14ClNO/c1-7(13)6-12-10-5-3-4-9(11)8(10)2/h3-5,7,12-13H,6H2,1-2H3/t7-/m1/s1. The second kappa shape index (κ2) is 4.49. The highest BCUT2D eigenvalue weighted by Crippen LogP contribution is 2.22. The Morgan fingerprint density at radius 3 is 2.85 bits per heavy atom. The van der Waals surface area contributed by atoms with Crippen molar-refractivity contribution in [1.29, 1.82) is 0 Å². The van der Waals surface area contributed by atoms with Crippen LogP contribution in [0.25, 0.3) is 0 Å². The van der Waals surface area contributed by atoms with E-state index >= 15 is 0 Å². The van der Waals surface area contributed by atoms with Gasteiger partial charge in [0, 0.05) is 17.3 Å². The van der Waals surface area contributed by atoms with Gasteiger partial charge in [0.2, 0.25) is 0 Å². The summed E-state index contributed by atoms with van der Waals surface area (Å²) >= 11 is 5.93. The Hall–Kier alpha value is -0.730. The molecule has 0 radical (unpaired) electrons. The molecule has 0 spiro atoms. The summed E-state index contributed by atoms with van der Waals surface area (Å²) in [4.78, 5) is 0. The van der Waals surface area contributed by atoms with E-state index in [4.69, 9.17) is 16.7 Å². The van der Waals surface area contributed by atoms with Crippen molar-refractivity contribution in [3.63, 3.8) is 0 Å². The van der Waals surface area contributed by atoms with Gasteiger partial charge >= 0.3 is 0 Å². The molecule has 0 fully saturated rings. The molecule has 0 saturated heterocycles. The van der Waals surface area contributed by atoms with Crippen molar-refractivity contribution in [2.45, 2.75) is 20.0 Å². The van der Waals surface area contributed by atoms with Crippen molar-refractivity contribution in [1.82, 2.24) is 0 Å². The maximum Gasteiger partial charge on any atom is 0.0684 e. The van der Waals surface area contributed by atoms with Gasteiger partial charge in [0.15, 0.2) is 0 Å². The van der Waals surface area contributed by atoms with Crippen molar-refractivity contribution in [2.24, 2.45) is 0 Å². The minimum absolute atomic E-state index is 0.349. The number of nitrogens with one attached hydrogen (secondary N) is 1. The molecule has 2 N–H and O–H groups in total. The highest BCUT2D eigenvalue weighted by Gasteiger charge is 2.01. The van der Waals surface area contributed by atoms with Crippen LogP contribution < -0.4 is 5.32 Å². The molecule has 0 bridgehead atoms. The summed E-state index contributed by atoms with van der Waals surface area (Å²) in [7, 11) is 0. The first-order valence-electron chi connectivity index (χ1n) is 4.28. The summed E-state index contributed by atoms with van der Waals surface area (Å²) < 4.78 is 0. The molecule has 0 aliphatic heterocycles. The van der Waals surface area contributed by atoms with Crippen molar-refractivity contribution in [2.75, 3.05) is 11.9 Å². The van der Waals surface area contributed by atoms with E-state index in [-0.39, 0.29) is 6.10 Å². The number of aliphatic hydroxyl groups excluding tert-OH is 1. The third kappa shape index (κ3) is 2.90. The summed E-state index contributed by atoms with van der Waals surface area (Å²) in [6.07, 6.45) is -0.349. The van der Waals surface area contributed by atoms with Gasteiger partial charge in [0.1, 0.15) is 0 Å². The van der Waals surface area contributed by atoms with E-state index in [1.54, 1.807) is 6.92 Å². The number of halogens is 1. The van der Waals surface area contributed by atoms with Crippen molar-refractivity contribution >= 4 is 17.3 Å². The fourth-order valence-corrected chi connectivity index (χ4v) is 1.23. The second-order valence-corrected chi connectivity index (χ2v) is 3.55. The normalized spacial score (nSPS) is 12.6. The van der Waals surface area contributed by atoms with Crippen LogP contribution in [-0.2, 0) is 0 Å². The number of rotatable bonds is 3. The van der Waals surface area contributed by atoms with Gasteiger partial charge in [-0.2, -0.15) is 0 Å². The fraction of sp³-hybridized carbons (Fsp3) is 0.400. The van der Waals surface area contributed by atoms with Crippen molar-refractivity contribution in [3.8, 4) is 0 Å². The molecule has 0 amide bonds. The molecule has 1 atom stereocenters. The molecule has 0 aliphatic rings. The lowest BCUT2D eigenvalue weighted by Gasteiger charge is -2.11. The summed E-state index contributed by atoms with van der Waals surface area (Å²) in [6, 6.07) is 5.69. The fourth-order valence-electron chi connectivity index (χ4n) is 1.06. The highest BCUT2D eigenvalue weighted by atomic mass is 35.5. The van der Waals surface area contributed by atoms with Crippen LogP contribution in [0.3, 0.4) is 0 Å². The summed E-state index contributed by atoms with van der Waals surface area (Å²) in [6.45, 7) is 4.24. The number of hydrogen-bond donors (Lipinski definition) is 2. The van der Waals surface area contributed by atoms with Crippen LogP contribution >= 0.6 is 11.6 Å². The Morgan fingerprint density at radius 2 is 2.23 bits per heavy atom. The predicted molar refractivity (Wildman–Crippen MR) is 56.4 cm³/mol. The minimum atomic E-state index is -0.349. The molecule has 0 aromatic heterocycles. The molecule has 2 nitrogen and oxygen atoms in total. The van der Waals surface area contributed by atoms with Crippen LogP contribution in [0.5, 0.6) is 0 Å². The third-order valence-corrected chi connectivity index (χ3v) is 2.27. The van der Waals surface area contributed by atoms with E-state index in [1.165, 1.54) is 0 Å². The van der Waals surface area contributed by atoms with E-state index in [9.17, 15) is 0 Å². The third-order valence-electron chi connectivity index (χ3n) is 1.86. The van der Waals surface area contributed by atoms with Gasteiger partial charge < -0.3 is 10.4 Å². The average Bonchev–Trinajstić information content (AvgIpc) is 2.07. The number of anilines is 1. The number of benzene rings is 1. The van der Waals surface area contributed by atoms with Crippen LogP contribution in [0.1, 0.15) is 12.5 Å². The van der Waals surface area contributed by atoms with E-state index in [0.29, 0.717) is 6.54 Å². The number of hydrogen-bond acceptors (Lipinski definition) is 2. The summed E-state index contributed by atoms with van der Waals surface area (Å²) in [5.41, 5.74) is 2.00. The van der Waals surface area contributed by atoms with Gasteiger partial charge in [-0.05, 0) is 31.5 Å². The monoisotopic (exact) mass is 199 g/mol. The minimum Gasteiger partial charge on any atom is -0.392 e. The van der Waals surface area contributed by atoms with E-state index < -0.39 is 0 Å². The largest absolute Gasteiger partial charge is 0.392 e. The van der Waals surface area contributed by atoms with Crippen LogP contribution in [0, 0.1) is 6.92 Å². The molecule has 13 heavy (non-hydrogen) atoms. The summed E-state index contributed by atoms with van der Waals surface area (Å²) in [5.74, 6) is 0. The molecule has 72 valence electrons. The first-order valence-corrected chi connectivity index (χ1v) is 4.66. The SMILES string of the molecule is Cc1c(Cl)cccc1NC[C@@H](C)O. The van der Waals surface area contributed by atoms with Crippen LogP contribution in [0.2, 0.25) is 5.02 Å². The Labute approximate surface area is 83.5 Å². The molecular formula is C10H14ClNO. The molecule has 0 heterocycles. The lowest BCUT2D eigenvalue weighted by Crippen LogP contribution is -2.15. The van der Waals surface area contributed by atoms with E-state index in [0.717, 1.165) is 16.3 Å². The zero-order chi connectivity index (χ0) is 9.84. The summed E-state index contributed by atoms with van der Waals surface area (Å²) in [5, 5.41) is 12.9. The van der Waals surface area contributed by atoms with Gasteiger partial charge in [0.05, 0.1) is 6.10 Å². The van der Waals surface area contributed by atoms with Crippen molar-refractivity contribution < 1.29 is 5.11 Å². The van der Waals surface area contributed by atoms with Gasteiger partial charge in [-0.3, -0.25) is 0 Å². The maximum atomic E-state index is 9.08. The number of aliphatic hydroxyl groups is 1. The van der Waals surface area contributed by atoms with Crippen LogP contribution in [0.4, 0.5) is 5.69 Å². The Morgan fingerprint density at radius 1 is 1.54 bits per heavy atom. The predicted octanol–water partition coefficient (Wildman–Crippen LogP) is 2.44. The van der Waals surface area contributed by atoms with E-state index in [1.807, 2.05) is 25.1 Å².